The molecule has 0 aliphatic carbocycles. The predicted molar refractivity (Wildman–Crippen MR) is 34.7 cm³/mol. The van der Waals surface area contributed by atoms with Gasteiger partial charge in [0.15, 0.2) is 5.69 Å². The lowest BCUT2D eigenvalue weighted by atomic mass is 10.5. The molecule has 0 aliphatic rings. The van der Waals surface area contributed by atoms with E-state index in [2.05, 4.69) is 15.0 Å². The summed E-state index contributed by atoms with van der Waals surface area (Å²) in [7, 11) is 0. The van der Waals surface area contributed by atoms with E-state index in [1.54, 1.807) is 6.92 Å². The Balaban J connectivity index is 2.69. The second kappa shape index (κ2) is 3.00. The van der Waals surface area contributed by atoms with Crippen LogP contribution in [0.4, 0.5) is 0 Å². The SMILES string of the molecule is CCOC(=O)c1cn([O-])nn1. The van der Waals surface area contributed by atoms with Crippen LogP contribution in [-0.2, 0) is 4.74 Å². The summed E-state index contributed by atoms with van der Waals surface area (Å²) in [6.45, 7) is 1.92. The van der Waals surface area contributed by atoms with Crippen molar-refractivity contribution in [2.75, 3.05) is 6.61 Å². The lowest BCUT2D eigenvalue weighted by molar-refractivity contribution is 0.0519. The molecule has 0 N–H and O–H groups in total. The molecule has 11 heavy (non-hydrogen) atoms. The molecule has 60 valence electrons. The molecule has 0 unspecified atom stereocenters. The Morgan fingerprint density at radius 1 is 1.91 bits per heavy atom. The topological polar surface area (TPSA) is 80.1 Å². The van der Waals surface area contributed by atoms with Gasteiger partial charge in [0.25, 0.3) is 0 Å². The summed E-state index contributed by atoms with van der Waals surface area (Å²) < 4.78 is 4.55. The molecular weight excluding hydrogens is 150 g/mol. The molecular formula is C5H6N3O3-. The second-order valence-corrected chi connectivity index (χ2v) is 1.73. The smallest absolute Gasteiger partial charge is 0.360 e. The van der Waals surface area contributed by atoms with Gasteiger partial charge in [-0.05, 0) is 6.92 Å². The lowest BCUT2D eigenvalue weighted by Crippen LogP contribution is -2.04. The molecule has 0 radical (unpaired) electrons. The molecule has 0 saturated carbocycles. The molecule has 1 aromatic rings. The molecule has 0 aromatic carbocycles. The molecule has 0 saturated heterocycles. The summed E-state index contributed by atoms with van der Waals surface area (Å²) in [5, 5.41) is 16.6. The number of esters is 1. The third-order valence-electron chi connectivity index (χ3n) is 0.958. The predicted octanol–water partition coefficient (Wildman–Crippen LogP) is -0.199. The van der Waals surface area contributed by atoms with Crippen molar-refractivity contribution in [1.29, 1.82) is 0 Å². The van der Waals surface area contributed by atoms with Crippen LogP contribution in [0, 0.1) is 5.21 Å². The normalized spacial score (nSPS) is 9.55. The van der Waals surface area contributed by atoms with E-state index in [0.29, 0.717) is 0 Å². The molecule has 1 aromatic heterocycles. The van der Waals surface area contributed by atoms with Gasteiger partial charge in [-0.3, -0.25) is 4.85 Å². The van der Waals surface area contributed by atoms with E-state index in [1.807, 2.05) is 0 Å². The number of carbonyl (C=O) groups excluding carboxylic acids is 1. The summed E-state index contributed by atoms with van der Waals surface area (Å²) in [5.41, 5.74) is -0.0677. The van der Waals surface area contributed by atoms with Gasteiger partial charge in [0, 0.05) is 0 Å². The average Bonchev–Trinajstić information content (AvgIpc) is 2.36. The Morgan fingerprint density at radius 3 is 3.09 bits per heavy atom. The van der Waals surface area contributed by atoms with Gasteiger partial charge in [-0.15, -0.1) is 5.10 Å². The van der Waals surface area contributed by atoms with Crippen LogP contribution in [0.5, 0.6) is 0 Å². The number of hydrogen-bond acceptors (Lipinski definition) is 5. The van der Waals surface area contributed by atoms with Crippen LogP contribution in [0.3, 0.4) is 0 Å². The van der Waals surface area contributed by atoms with Gasteiger partial charge in [0.05, 0.1) is 12.8 Å². The van der Waals surface area contributed by atoms with Crippen LogP contribution in [0.25, 0.3) is 0 Å². The quantitative estimate of drug-likeness (QED) is 0.554. The molecule has 6 heteroatoms. The molecule has 0 aliphatic heterocycles. The van der Waals surface area contributed by atoms with Crippen LogP contribution in [-0.4, -0.2) is 27.7 Å². The number of nitrogens with zero attached hydrogens (tertiary/aromatic N) is 3. The fourth-order valence-electron chi connectivity index (χ4n) is 0.547. The van der Waals surface area contributed by atoms with Crippen molar-refractivity contribution in [2.45, 2.75) is 6.92 Å². The van der Waals surface area contributed by atoms with Gasteiger partial charge in [0.1, 0.15) is 0 Å². The standard InChI is InChI=1S/C5H6N3O3/c1-2-11-5(9)4-3-8(10)7-6-4/h3H,2H2,1H3/q-1. The van der Waals surface area contributed by atoms with Crippen LogP contribution < -0.4 is 0 Å². The van der Waals surface area contributed by atoms with Crippen molar-refractivity contribution < 1.29 is 9.53 Å². The average molecular weight is 156 g/mol. The van der Waals surface area contributed by atoms with Crippen LogP contribution in [0.15, 0.2) is 6.20 Å². The number of hydrogen-bond donors (Lipinski definition) is 0. The van der Waals surface area contributed by atoms with Gasteiger partial charge in [0.2, 0.25) is 0 Å². The highest BCUT2D eigenvalue weighted by Crippen LogP contribution is 1.94. The largest absolute Gasteiger partial charge is 0.789 e. The maximum atomic E-state index is 10.8. The zero-order valence-corrected chi connectivity index (χ0v) is 5.85. The van der Waals surface area contributed by atoms with Crippen LogP contribution in [0.2, 0.25) is 0 Å². The van der Waals surface area contributed by atoms with Crippen LogP contribution >= 0.6 is 0 Å². The highest BCUT2D eigenvalue weighted by molar-refractivity contribution is 5.86. The Labute approximate surface area is 62.3 Å². The third-order valence-corrected chi connectivity index (χ3v) is 0.958. The summed E-state index contributed by atoms with van der Waals surface area (Å²) in [5.74, 6) is -0.630. The summed E-state index contributed by atoms with van der Waals surface area (Å²) in [6.07, 6.45) is 0.956. The van der Waals surface area contributed by atoms with Gasteiger partial charge in [-0.2, -0.15) is 0 Å². The Bertz CT molecular complexity index is 257. The minimum absolute atomic E-state index is 0.0677. The summed E-state index contributed by atoms with van der Waals surface area (Å²) in [4.78, 5) is 11.0. The first-order valence-corrected chi connectivity index (χ1v) is 3.01. The molecule has 6 nitrogen and oxygen atoms in total. The van der Waals surface area contributed by atoms with E-state index in [1.165, 1.54) is 0 Å². The van der Waals surface area contributed by atoms with E-state index in [-0.39, 0.29) is 17.1 Å². The van der Waals surface area contributed by atoms with E-state index < -0.39 is 5.97 Å². The van der Waals surface area contributed by atoms with E-state index in [9.17, 15) is 10.0 Å². The zero-order valence-electron chi connectivity index (χ0n) is 5.85. The Kier molecular flexibility index (Phi) is 2.05. The minimum Gasteiger partial charge on any atom is -0.789 e. The highest BCUT2D eigenvalue weighted by Gasteiger charge is 2.08. The lowest BCUT2D eigenvalue weighted by Gasteiger charge is -1.97. The molecule has 0 spiro atoms. The first-order valence-electron chi connectivity index (χ1n) is 3.01. The second-order valence-electron chi connectivity index (χ2n) is 1.73. The fraction of sp³-hybridized carbons (Fsp3) is 0.400. The van der Waals surface area contributed by atoms with Gasteiger partial charge in [-0.25, -0.2) is 4.79 Å². The van der Waals surface area contributed by atoms with Crippen LogP contribution in [0.1, 0.15) is 17.4 Å². The van der Waals surface area contributed by atoms with Gasteiger partial charge < -0.3 is 9.94 Å². The van der Waals surface area contributed by atoms with Crippen molar-refractivity contribution in [2.24, 2.45) is 0 Å². The van der Waals surface area contributed by atoms with E-state index in [4.69, 9.17) is 0 Å². The number of aromatic nitrogens is 3. The number of rotatable bonds is 2. The van der Waals surface area contributed by atoms with Crippen molar-refractivity contribution in [3.05, 3.63) is 17.1 Å². The van der Waals surface area contributed by atoms with Crippen molar-refractivity contribution in [3.63, 3.8) is 0 Å². The monoisotopic (exact) mass is 156 g/mol. The van der Waals surface area contributed by atoms with E-state index in [0.717, 1.165) is 6.20 Å². The van der Waals surface area contributed by atoms with Crippen molar-refractivity contribution >= 4 is 5.97 Å². The number of ether oxygens (including phenoxy) is 1. The first kappa shape index (κ1) is 7.52. The van der Waals surface area contributed by atoms with Gasteiger partial charge in [-0.1, -0.05) is 5.21 Å². The van der Waals surface area contributed by atoms with E-state index >= 15 is 0 Å². The summed E-state index contributed by atoms with van der Waals surface area (Å²) >= 11 is 0. The number of carbonyl (C=O) groups is 1. The molecule has 0 fully saturated rings. The molecule has 0 amide bonds. The molecule has 0 bridgehead atoms. The van der Waals surface area contributed by atoms with Crippen molar-refractivity contribution in [3.8, 4) is 0 Å². The first-order chi connectivity index (χ1) is 5.24. The maximum absolute atomic E-state index is 10.8. The molecule has 1 heterocycles. The maximum Gasteiger partial charge on any atom is 0.360 e. The minimum atomic E-state index is -0.630. The fourth-order valence-corrected chi connectivity index (χ4v) is 0.547. The summed E-state index contributed by atoms with van der Waals surface area (Å²) in [6, 6.07) is 0. The highest BCUT2D eigenvalue weighted by atomic mass is 16.5. The molecule has 0 atom stereocenters. The van der Waals surface area contributed by atoms with Gasteiger partial charge >= 0.3 is 5.97 Å². The van der Waals surface area contributed by atoms with Crippen molar-refractivity contribution in [1.82, 2.24) is 15.2 Å². The zero-order chi connectivity index (χ0) is 8.27. The Morgan fingerprint density at radius 2 is 2.64 bits per heavy atom. The Hall–Kier alpha value is -1.59. The molecule has 1 rings (SSSR count). The third kappa shape index (κ3) is 1.66.